The van der Waals surface area contributed by atoms with Crippen molar-refractivity contribution >= 4 is 90.7 Å². The van der Waals surface area contributed by atoms with Gasteiger partial charge in [-0.3, -0.25) is 30.3 Å². The number of anilines is 2. The van der Waals surface area contributed by atoms with Gasteiger partial charge in [-0.25, -0.2) is 18.7 Å². The number of likely N-dealkylation sites (N-methyl/N-ethyl adjacent to an activating group) is 2. The predicted molar refractivity (Wildman–Crippen MR) is 283 cm³/mol. The Bertz CT molecular complexity index is 3300. The summed E-state index contributed by atoms with van der Waals surface area (Å²) in [4.78, 5) is 43.4. The molecule has 2 N–H and O–H groups in total. The number of aromatic nitrogens is 6. The molecular formula is C50H55N13O11P+3. The van der Waals surface area contributed by atoms with Crippen molar-refractivity contribution in [3.8, 4) is 0 Å². The molecule has 0 aliphatic heterocycles. The Morgan fingerprint density at radius 1 is 0.507 bits per heavy atom. The number of quaternary nitrogens is 2. The van der Waals surface area contributed by atoms with Gasteiger partial charge in [-0.05, 0) is 92.0 Å². The second kappa shape index (κ2) is 23.8. The van der Waals surface area contributed by atoms with Crippen LogP contribution in [-0.2, 0) is 4.74 Å². The Labute approximate surface area is 429 Å². The lowest BCUT2D eigenvalue weighted by atomic mass is 10.1. The number of carbonyl (C=O) groups is 1. The van der Waals surface area contributed by atoms with Crippen LogP contribution >= 0.6 is 7.26 Å². The molecule has 0 bridgehead atoms. The van der Waals surface area contributed by atoms with E-state index in [1.807, 2.05) is 21.1 Å². The largest absolute Gasteiger partial charge is 0.456 e. The Morgan fingerprint density at radius 3 is 1.29 bits per heavy atom. The smallest absolute Gasteiger partial charge is 0.340 e. The molecule has 9 aromatic rings. The number of benzene rings is 6. The van der Waals surface area contributed by atoms with Crippen molar-refractivity contribution in [3.05, 3.63) is 163 Å². The topological polar surface area (TPSA) is 297 Å². The highest BCUT2D eigenvalue weighted by molar-refractivity contribution is 7.95. The number of non-ortho nitro benzene ring substituents is 3. The van der Waals surface area contributed by atoms with Gasteiger partial charge in [0.05, 0.1) is 93.2 Å². The molecule has 0 unspecified atom stereocenters. The number of hydrogen-bond acceptors (Lipinski definition) is 19. The van der Waals surface area contributed by atoms with Crippen molar-refractivity contribution < 1.29 is 47.2 Å². The quantitative estimate of drug-likeness (QED) is 0.0202. The zero-order valence-electron chi connectivity index (χ0n) is 41.9. The molecule has 25 heteroatoms. The molecule has 3 heterocycles. The number of nitro groups is 3. The van der Waals surface area contributed by atoms with E-state index >= 15 is 0 Å². The molecule has 0 atom stereocenters. The number of nitrogens with one attached hydrogen (secondary N) is 2. The minimum atomic E-state index is -1.91. The molecule has 0 saturated heterocycles. The summed E-state index contributed by atoms with van der Waals surface area (Å²) in [5, 5.41) is 65.5. The van der Waals surface area contributed by atoms with E-state index in [-0.39, 0.29) is 51.3 Å². The summed E-state index contributed by atoms with van der Waals surface area (Å²) < 4.78 is 20.5. The molecule has 75 heavy (non-hydrogen) atoms. The molecule has 0 amide bonds. The number of ether oxygens (including phenoxy) is 1. The highest BCUT2D eigenvalue weighted by atomic mass is 31.2. The third-order valence-corrected chi connectivity index (χ3v) is 16.2. The second-order valence-electron chi connectivity index (χ2n) is 19.0. The summed E-state index contributed by atoms with van der Waals surface area (Å²) in [6.45, 7) is 3.17. The Kier molecular flexibility index (Phi) is 17.1. The highest BCUT2D eigenvalue weighted by Gasteiger charge is 2.44. The third kappa shape index (κ3) is 13.2. The summed E-state index contributed by atoms with van der Waals surface area (Å²) in [6.07, 6.45) is 1.85. The van der Waals surface area contributed by atoms with E-state index in [4.69, 9.17) is 9.37 Å². The van der Waals surface area contributed by atoms with Gasteiger partial charge in [-0.15, -0.1) is 0 Å². The first-order chi connectivity index (χ1) is 35.9. The molecule has 0 spiro atoms. The zero-order valence-corrected chi connectivity index (χ0v) is 42.8. The molecule has 0 saturated carbocycles. The summed E-state index contributed by atoms with van der Waals surface area (Å²) in [7, 11) is 10.3. The second-order valence-corrected chi connectivity index (χ2v) is 22.6. The summed E-state index contributed by atoms with van der Waals surface area (Å²) in [6, 6.07) is 40.9. The maximum absolute atomic E-state index is 12.0. The molecule has 0 fully saturated rings. The summed E-state index contributed by atoms with van der Waals surface area (Å²) >= 11 is 0. The molecule has 0 aliphatic carbocycles. The van der Waals surface area contributed by atoms with E-state index in [0.29, 0.717) is 40.0 Å². The average Bonchev–Trinajstić information content (AvgIpc) is 4.20. The first kappa shape index (κ1) is 53.9. The van der Waals surface area contributed by atoms with E-state index in [1.54, 1.807) is 12.1 Å². The summed E-state index contributed by atoms with van der Waals surface area (Å²) in [5.41, 5.74) is 2.01. The van der Waals surface area contributed by atoms with Gasteiger partial charge in [0.1, 0.15) is 36.3 Å². The standard InChI is InChI=1S/C27H24N4O3P.C12H15N4O5.C11H16N5O3/c32-31(33)25-18-17-24(26-27(25)30-34-29-26)28-19-10-20-35(21-11-4-1-5-12-21,22-13-6-2-7-14-22)23-15-8-3-9-16-23;1-16(2,3)6-7-20-12(17)8-4-5-9(15(18)19)11-10(8)13-21-14-11;1-16(2,3)7-6-12-8-4-5-9(15(17)18)11-10(8)13-19-14-11/h1-9,11-18,28H,10,19-20H2;4-5H,6-7H2,1-3H3;4-5,12H,6-7H2,1-3H3/q3*+1. The number of nitro benzene ring substituents is 3. The van der Waals surface area contributed by atoms with Gasteiger partial charge in [0.2, 0.25) is 16.6 Å². The van der Waals surface area contributed by atoms with Crippen LogP contribution in [0.5, 0.6) is 0 Å². The SMILES string of the molecule is C[N+](C)(C)CCNc1ccc([N+](=O)[O-])c2nonc12.C[N+](C)(C)CCOC(=O)c1ccc([N+](=O)[O-])c2nonc12.O=[N+]([O-])c1ccc(NCCC[P+](c2ccccc2)(c2ccccc2)c2ccccc2)c2nonc12. The fourth-order valence-electron chi connectivity index (χ4n) is 7.89. The van der Waals surface area contributed by atoms with Gasteiger partial charge in [-0.1, -0.05) is 54.6 Å². The first-order valence-corrected chi connectivity index (χ1v) is 25.3. The van der Waals surface area contributed by atoms with Gasteiger partial charge >= 0.3 is 23.0 Å². The third-order valence-electron chi connectivity index (χ3n) is 11.7. The Hall–Kier alpha value is -8.86. The maximum Gasteiger partial charge on any atom is 0.340 e. The lowest BCUT2D eigenvalue weighted by Crippen LogP contribution is -2.38. The van der Waals surface area contributed by atoms with E-state index in [0.717, 1.165) is 30.2 Å². The van der Waals surface area contributed by atoms with Crippen molar-refractivity contribution in [3.63, 3.8) is 0 Å². The number of nitrogens with zero attached hydrogens (tertiary/aromatic N) is 11. The lowest BCUT2D eigenvalue weighted by molar-refractivity contribution is -0.870. The molecule has 9 rings (SSSR count). The number of rotatable bonds is 19. The fraction of sp³-hybridized carbons (Fsp3) is 0.260. The number of esters is 1. The zero-order chi connectivity index (χ0) is 53.8. The predicted octanol–water partition coefficient (Wildman–Crippen LogP) is 7.17. The number of fused-ring (bicyclic) bond motifs is 3. The highest BCUT2D eigenvalue weighted by Crippen LogP contribution is 2.55. The molecule has 3 aromatic heterocycles. The number of carbonyl (C=O) groups excluding carboxylic acids is 1. The fourth-order valence-corrected chi connectivity index (χ4v) is 12.2. The average molecular weight is 1050 g/mol. The molecule has 0 radical (unpaired) electrons. The van der Waals surface area contributed by atoms with Crippen molar-refractivity contribution in [1.82, 2.24) is 30.9 Å². The van der Waals surface area contributed by atoms with E-state index in [9.17, 15) is 35.1 Å². The van der Waals surface area contributed by atoms with Crippen LogP contribution in [0.4, 0.5) is 28.4 Å². The van der Waals surface area contributed by atoms with Crippen LogP contribution in [-0.4, -0.2) is 142 Å². The van der Waals surface area contributed by atoms with Crippen LogP contribution in [0, 0.1) is 30.3 Å². The normalized spacial score (nSPS) is 11.5. The molecular weight excluding hydrogens is 990 g/mol. The number of hydrogen-bond donors (Lipinski definition) is 2. The van der Waals surface area contributed by atoms with Crippen LogP contribution in [0.3, 0.4) is 0 Å². The molecule has 24 nitrogen and oxygen atoms in total. The maximum atomic E-state index is 12.0. The van der Waals surface area contributed by atoms with Crippen molar-refractivity contribution in [2.75, 3.05) is 91.9 Å². The monoisotopic (exact) mass is 1040 g/mol. The van der Waals surface area contributed by atoms with Gasteiger partial charge < -0.3 is 24.3 Å². The molecule has 388 valence electrons. The van der Waals surface area contributed by atoms with Crippen LogP contribution in [0.15, 0.2) is 141 Å². The van der Waals surface area contributed by atoms with Crippen LogP contribution in [0.2, 0.25) is 0 Å². The minimum absolute atomic E-state index is 0.0273. The van der Waals surface area contributed by atoms with Crippen LogP contribution < -0.4 is 26.5 Å². The Morgan fingerprint density at radius 2 is 0.880 bits per heavy atom. The first-order valence-electron chi connectivity index (χ1n) is 23.4. The minimum Gasteiger partial charge on any atom is -0.456 e. The van der Waals surface area contributed by atoms with Gasteiger partial charge in [0.25, 0.3) is 0 Å². The van der Waals surface area contributed by atoms with E-state index in [1.165, 1.54) is 40.2 Å². The molecule has 0 aliphatic rings. The van der Waals surface area contributed by atoms with E-state index in [2.05, 4.69) is 163 Å². The van der Waals surface area contributed by atoms with Gasteiger partial charge in [0.15, 0.2) is 16.6 Å². The molecule has 6 aromatic carbocycles. The van der Waals surface area contributed by atoms with Crippen LogP contribution in [0.25, 0.3) is 33.1 Å². The van der Waals surface area contributed by atoms with Gasteiger partial charge in [-0.2, -0.15) is 0 Å². The van der Waals surface area contributed by atoms with E-state index < -0.39 is 28.0 Å². The Balaban J connectivity index is 0.000000176. The summed E-state index contributed by atoms with van der Waals surface area (Å²) in [5.74, 6) is -0.612. The van der Waals surface area contributed by atoms with Crippen molar-refractivity contribution in [2.45, 2.75) is 6.42 Å². The van der Waals surface area contributed by atoms with Crippen molar-refractivity contribution in [1.29, 1.82) is 0 Å². The lowest BCUT2D eigenvalue weighted by Gasteiger charge is -2.27. The van der Waals surface area contributed by atoms with Gasteiger partial charge in [0, 0.05) is 24.7 Å². The van der Waals surface area contributed by atoms with Crippen LogP contribution in [0.1, 0.15) is 16.8 Å². The van der Waals surface area contributed by atoms with Crippen molar-refractivity contribution in [2.24, 2.45) is 0 Å².